The molecule has 0 rings (SSSR count). The topological polar surface area (TPSA) is 40.5 Å². The van der Waals surface area contributed by atoms with Crippen molar-refractivity contribution in [3.63, 3.8) is 0 Å². The van der Waals surface area contributed by atoms with Gasteiger partial charge in [0.1, 0.15) is 0 Å². The first kappa shape index (κ1) is 10.7. The molecule has 0 heterocycles. The molecule has 2 N–H and O–H groups in total. The van der Waals surface area contributed by atoms with Gasteiger partial charge in [0.15, 0.2) is 0 Å². The second-order valence-corrected chi connectivity index (χ2v) is 2.65. The van der Waals surface area contributed by atoms with E-state index in [0.717, 1.165) is 19.3 Å². The van der Waals surface area contributed by atoms with Crippen LogP contribution in [0.3, 0.4) is 0 Å². The molecule has 11 heavy (non-hydrogen) atoms. The Kier molecular flexibility index (Phi) is 7.52. The van der Waals surface area contributed by atoms with Crippen LogP contribution in [0, 0.1) is 0 Å². The van der Waals surface area contributed by atoms with E-state index in [1.807, 2.05) is 0 Å². The molecule has 0 saturated carbocycles. The van der Waals surface area contributed by atoms with Crippen molar-refractivity contribution in [3.8, 4) is 0 Å². The van der Waals surface area contributed by atoms with Crippen LogP contribution in [0.2, 0.25) is 0 Å². The molecule has 2 heteroatoms. The number of aliphatic hydroxyl groups excluding tert-OH is 2. The summed E-state index contributed by atoms with van der Waals surface area (Å²) in [4.78, 5) is 0. The zero-order chi connectivity index (χ0) is 8.53. The van der Waals surface area contributed by atoms with Crippen molar-refractivity contribution in [2.24, 2.45) is 0 Å². The molecule has 0 amide bonds. The lowest BCUT2D eigenvalue weighted by atomic mass is 10.1. The smallest absolute Gasteiger partial charge is 0.0771 e. The van der Waals surface area contributed by atoms with Crippen LogP contribution in [-0.2, 0) is 0 Å². The van der Waals surface area contributed by atoms with Gasteiger partial charge in [-0.2, -0.15) is 0 Å². The van der Waals surface area contributed by atoms with E-state index < -0.39 is 6.10 Å². The minimum absolute atomic E-state index is 0.114. The van der Waals surface area contributed by atoms with Crippen LogP contribution in [0.15, 0.2) is 12.2 Å². The lowest BCUT2D eigenvalue weighted by molar-refractivity contribution is 0.0868. The fourth-order valence-electron chi connectivity index (χ4n) is 0.847. The fourth-order valence-corrected chi connectivity index (χ4v) is 0.847. The van der Waals surface area contributed by atoms with Crippen molar-refractivity contribution >= 4 is 0 Å². The van der Waals surface area contributed by atoms with Crippen molar-refractivity contribution in [2.75, 3.05) is 6.61 Å². The first-order valence-corrected chi connectivity index (χ1v) is 4.25. The highest BCUT2D eigenvalue weighted by Crippen LogP contribution is 2.01. The summed E-state index contributed by atoms with van der Waals surface area (Å²) in [6.45, 7) is 1.98. The summed E-state index contributed by atoms with van der Waals surface area (Å²) in [6.07, 6.45) is 7.44. The van der Waals surface area contributed by atoms with E-state index in [4.69, 9.17) is 10.2 Å². The van der Waals surface area contributed by atoms with Gasteiger partial charge in [0.25, 0.3) is 0 Å². The van der Waals surface area contributed by atoms with Crippen LogP contribution in [0.1, 0.15) is 32.6 Å². The molecule has 0 aromatic rings. The highest BCUT2D eigenvalue weighted by molar-refractivity contribution is 4.79. The van der Waals surface area contributed by atoms with E-state index in [9.17, 15) is 0 Å². The molecule has 66 valence electrons. The summed E-state index contributed by atoms with van der Waals surface area (Å²) >= 11 is 0. The average Bonchev–Trinajstić information content (AvgIpc) is 2.04. The van der Waals surface area contributed by atoms with Gasteiger partial charge in [-0.25, -0.2) is 0 Å². The molecule has 0 aromatic heterocycles. The summed E-state index contributed by atoms with van der Waals surface area (Å²) in [6, 6.07) is 0. The van der Waals surface area contributed by atoms with Gasteiger partial charge in [-0.3, -0.25) is 0 Å². The second kappa shape index (κ2) is 7.76. The van der Waals surface area contributed by atoms with E-state index in [2.05, 4.69) is 19.1 Å². The quantitative estimate of drug-likeness (QED) is 0.454. The Labute approximate surface area is 68.6 Å². The van der Waals surface area contributed by atoms with Gasteiger partial charge in [0, 0.05) is 0 Å². The predicted molar refractivity (Wildman–Crippen MR) is 46.4 cm³/mol. The Hall–Kier alpha value is -0.340. The molecule has 0 radical (unpaired) electrons. The second-order valence-electron chi connectivity index (χ2n) is 2.65. The number of hydrogen-bond acceptors (Lipinski definition) is 2. The summed E-state index contributed by atoms with van der Waals surface area (Å²) in [5, 5.41) is 17.4. The van der Waals surface area contributed by atoms with E-state index >= 15 is 0 Å². The van der Waals surface area contributed by atoms with E-state index in [1.165, 1.54) is 0 Å². The Balaban J connectivity index is 3.07. The third-order valence-electron chi connectivity index (χ3n) is 1.52. The summed E-state index contributed by atoms with van der Waals surface area (Å²) < 4.78 is 0. The van der Waals surface area contributed by atoms with Gasteiger partial charge < -0.3 is 10.2 Å². The summed E-state index contributed by atoms with van der Waals surface area (Å²) in [5.41, 5.74) is 0. The van der Waals surface area contributed by atoms with Crippen LogP contribution in [0.5, 0.6) is 0 Å². The molecule has 0 aliphatic rings. The fraction of sp³-hybridized carbons (Fsp3) is 0.778. The zero-order valence-corrected chi connectivity index (χ0v) is 7.16. The molecule has 0 bridgehead atoms. The normalized spacial score (nSPS) is 14.1. The third kappa shape index (κ3) is 7.56. The first-order chi connectivity index (χ1) is 5.31. The van der Waals surface area contributed by atoms with Crippen molar-refractivity contribution in [1.82, 2.24) is 0 Å². The minimum atomic E-state index is -0.523. The highest BCUT2D eigenvalue weighted by atomic mass is 16.3. The first-order valence-electron chi connectivity index (χ1n) is 4.25. The maximum Gasteiger partial charge on any atom is 0.0771 e. The van der Waals surface area contributed by atoms with Gasteiger partial charge in [-0.05, 0) is 25.7 Å². The van der Waals surface area contributed by atoms with E-state index in [0.29, 0.717) is 6.42 Å². The van der Waals surface area contributed by atoms with E-state index in [-0.39, 0.29) is 6.61 Å². The molecule has 0 aliphatic carbocycles. The van der Waals surface area contributed by atoms with Crippen LogP contribution in [0.4, 0.5) is 0 Å². The monoisotopic (exact) mass is 158 g/mol. The molecule has 0 spiro atoms. The van der Waals surface area contributed by atoms with Crippen molar-refractivity contribution in [2.45, 2.75) is 38.7 Å². The molecule has 0 saturated heterocycles. The van der Waals surface area contributed by atoms with Crippen LogP contribution < -0.4 is 0 Å². The minimum Gasteiger partial charge on any atom is -0.394 e. The van der Waals surface area contributed by atoms with Gasteiger partial charge >= 0.3 is 0 Å². The third-order valence-corrected chi connectivity index (χ3v) is 1.52. The maximum atomic E-state index is 8.94. The van der Waals surface area contributed by atoms with Crippen molar-refractivity contribution < 1.29 is 10.2 Å². The summed E-state index contributed by atoms with van der Waals surface area (Å²) in [7, 11) is 0. The van der Waals surface area contributed by atoms with Gasteiger partial charge in [-0.15, -0.1) is 0 Å². The lowest BCUT2D eigenvalue weighted by Gasteiger charge is -2.03. The van der Waals surface area contributed by atoms with Gasteiger partial charge in [0.05, 0.1) is 12.7 Å². The van der Waals surface area contributed by atoms with Crippen LogP contribution >= 0.6 is 0 Å². The maximum absolute atomic E-state index is 8.94. The predicted octanol–water partition coefficient (Wildman–Crippen LogP) is 1.48. The molecule has 0 fully saturated rings. The van der Waals surface area contributed by atoms with Crippen LogP contribution in [0.25, 0.3) is 0 Å². The Morgan fingerprint density at radius 1 is 1.36 bits per heavy atom. The molecule has 2 nitrogen and oxygen atoms in total. The van der Waals surface area contributed by atoms with Crippen LogP contribution in [-0.4, -0.2) is 22.9 Å². The number of unbranched alkanes of at least 4 members (excludes halogenated alkanes) is 1. The summed E-state index contributed by atoms with van der Waals surface area (Å²) in [5.74, 6) is 0. The largest absolute Gasteiger partial charge is 0.394 e. The van der Waals surface area contributed by atoms with Crippen molar-refractivity contribution in [1.29, 1.82) is 0 Å². The molecular formula is C9H18O2. The molecule has 1 unspecified atom stereocenters. The molecule has 0 aromatic carbocycles. The number of aliphatic hydroxyl groups is 2. The van der Waals surface area contributed by atoms with E-state index in [1.54, 1.807) is 0 Å². The SMILES string of the molecule is CCC=CCCCC(O)CO. The highest BCUT2D eigenvalue weighted by Gasteiger charge is 1.98. The number of allylic oxidation sites excluding steroid dienone is 2. The van der Waals surface area contributed by atoms with Gasteiger partial charge in [0.2, 0.25) is 0 Å². The standard InChI is InChI=1S/C9H18O2/c1-2-3-4-5-6-7-9(11)8-10/h3-4,9-11H,2,5-8H2,1H3. The zero-order valence-electron chi connectivity index (χ0n) is 7.16. The molecule has 1 atom stereocenters. The van der Waals surface area contributed by atoms with Gasteiger partial charge in [-0.1, -0.05) is 19.1 Å². The number of rotatable bonds is 6. The Morgan fingerprint density at radius 2 is 2.09 bits per heavy atom. The average molecular weight is 158 g/mol. The van der Waals surface area contributed by atoms with Crippen molar-refractivity contribution in [3.05, 3.63) is 12.2 Å². The molecule has 0 aliphatic heterocycles. The molecular weight excluding hydrogens is 140 g/mol. The Morgan fingerprint density at radius 3 is 2.64 bits per heavy atom. The Bertz CT molecular complexity index is 99.7. The number of hydrogen-bond donors (Lipinski definition) is 2. The lowest BCUT2D eigenvalue weighted by Crippen LogP contribution is -2.10.